The van der Waals surface area contributed by atoms with Crippen molar-refractivity contribution in [2.45, 2.75) is 25.7 Å². The fraction of sp³-hybridized carbons (Fsp3) is 0.240. The lowest BCUT2D eigenvalue weighted by molar-refractivity contribution is -0.146. The molecule has 8 heteroatoms. The standard InChI is InChI=1S/C25H25ClN2O4S/c1-15-10-16(2)25(17(3)11-15)28-21(29)12-27-22(30)13-32-23(31)14-33-20-9-5-7-18-6-4-8-19(26)24(18)20/h4-11H,12-14H2,1-3H3,(H,27,30)(H,28,29). The Labute approximate surface area is 202 Å². The molecule has 0 bridgehead atoms. The zero-order chi connectivity index (χ0) is 24.0. The van der Waals surface area contributed by atoms with Crippen LogP contribution in [0.1, 0.15) is 16.7 Å². The van der Waals surface area contributed by atoms with Crippen molar-refractivity contribution in [2.24, 2.45) is 0 Å². The van der Waals surface area contributed by atoms with E-state index in [0.29, 0.717) is 5.02 Å². The number of amides is 2. The molecule has 0 spiro atoms. The molecule has 2 N–H and O–H groups in total. The van der Waals surface area contributed by atoms with E-state index in [2.05, 4.69) is 10.6 Å². The van der Waals surface area contributed by atoms with Crippen LogP contribution in [0.2, 0.25) is 5.02 Å². The van der Waals surface area contributed by atoms with Crippen molar-refractivity contribution >= 4 is 57.6 Å². The van der Waals surface area contributed by atoms with Gasteiger partial charge in [0.15, 0.2) is 6.61 Å². The van der Waals surface area contributed by atoms with Gasteiger partial charge in [-0.25, -0.2) is 0 Å². The number of nitrogens with one attached hydrogen (secondary N) is 2. The second-order valence-corrected chi connectivity index (χ2v) is 9.07. The van der Waals surface area contributed by atoms with Crippen molar-refractivity contribution in [3.05, 3.63) is 70.2 Å². The van der Waals surface area contributed by atoms with E-state index in [1.807, 2.05) is 63.2 Å². The first-order chi connectivity index (χ1) is 15.7. The summed E-state index contributed by atoms with van der Waals surface area (Å²) in [7, 11) is 0. The molecule has 0 fully saturated rings. The molecule has 3 aromatic rings. The van der Waals surface area contributed by atoms with Crippen LogP contribution in [0, 0.1) is 20.8 Å². The molecular formula is C25H25ClN2O4S. The number of esters is 1. The maximum Gasteiger partial charge on any atom is 0.316 e. The lowest BCUT2D eigenvalue weighted by atomic mass is 10.1. The first kappa shape index (κ1) is 24.6. The van der Waals surface area contributed by atoms with E-state index < -0.39 is 18.5 Å². The largest absolute Gasteiger partial charge is 0.455 e. The number of hydrogen-bond donors (Lipinski definition) is 2. The van der Waals surface area contributed by atoms with Gasteiger partial charge in [-0.05, 0) is 49.4 Å². The van der Waals surface area contributed by atoms with Gasteiger partial charge in [-0.15, -0.1) is 11.8 Å². The predicted molar refractivity (Wildman–Crippen MR) is 133 cm³/mol. The minimum absolute atomic E-state index is 0.0318. The van der Waals surface area contributed by atoms with Crippen LogP contribution in [0.3, 0.4) is 0 Å². The molecular weight excluding hydrogens is 460 g/mol. The fourth-order valence-corrected chi connectivity index (χ4v) is 4.74. The summed E-state index contributed by atoms with van der Waals surface area (Å²) in [6, 6.07) is 15.3. The van der Waals surface area contributed by atoms with E-state index in [0.717, 1.165) is 38.0 Å². The number of fused-ring (bicyclic) bond motifs is 1. The van der Waals surface area contributed by atoms with E-state index in [1.165, 1.54) is 11.8 Å². The highest BCUT2D eigenvalue weighted by Gasteiger charge is 2.13. The Morgan fingerprint density at radius 1 is 0.970 bits per heavy atom. The molecule has 33 heavy (non-hydrogen) atoms. The molecule has 0 saturated carbocycles. The van der Waals surface area contributed by atoms with Gasteiger partial charge < -0.3 is 15.4 Å². The summed E-state index contributed by atoms with van der Waals surface area (Å²) in [5.41, 5.74) is 3.74. The number of anilines is 1. The van der Waals surface area contributed by atoms with E-state index in [1.54, 1.807) is 6.07 Å². The van der Waals surface area contributed by atoms with Crippen molar-refractivity contribution < 1.29 is 19.1 Å². The van der Waals surface area contributed by atoms with Gasteiger partial charge >= 0.3 is 5.97 Å². The smallest absolute Gasteiger partial charge is 0.316 e. The maximum atomic E-state index is 12.2. The van der Waals surface area contributed by atoms with E-state index in [9.17, 15) is 14.4 Å². The van der Waals surface area contributed by atoms with Crippen molar-refractivity contribution in [2.75, 3.05) is 24.2 Å². The van der Waals surface area contributed by atoms with Crippen LogP contribution in [0.5, 0.6) is 0 Å². The topological polar surface area (TPSA) is 84.5 Å². The van der Waals surface area contributed by atoms with Gasteiger partial charge in [0.2, 0.25) is 5.91 Å². The third-order valence-electron chi connectivity index (χ3n) is 4.91. The molecule has 0 radical (unpaired) electrons. The molecule has 0 saturated heterocycles. The minimum atomic E-state index is -0.547. The van der Waals surface area contributed by atoms with Gasteiger partial charge in [-0.1, -0.05) is 53.6 Å². The summed E-state index contributed by atoms with van der Waals surface area (Å²) in [6.45, 7) is 5.15. The Morgan fingerprint density at radius 3 is 2.33 bits per heavy atom. The van der Waals surface area contributed by atoms with Crippen molar-refractivity contribution in [1.29, 1.82) is 0 Å². The van der Waals surface area contributed by atoms with Gasteiger partial charge in [0, 0.05) is 21.0 Å². The molecule has 6 nitrogen and oxygen atoms in total. The number of rotatable bonds is 8. The maximum absolute atomic E-state index is 12.2. The van der Waals surface area contributed by atoms with Crippen LogP contribution in [0.25, 0.3) is 10.8 Å². The van der Waals surface area contributed by atoms with Crippen LogP contribution in [0.4, 0.5) is 5.69 Å². The Morgan fingerprint density at radius 2 is 1.64 bits per heavy atom. The quantitative estimate of drug-likeness (QED) is 0.354. The van der Waals surface area contributed by atoms with Crippen LogP contribution in [-0.4, -0.2) is 36.7 Å². The number of thioether (sulfide) groups is 1. The SMILES string of the molecule is Cc1cc(C)c(NC(=O)CNC(=O)COC(=O)CSc2cccc3cccc(Cl)c23)c(C)c1. The predicted octanol–water partition coefficient (Wildman–Crippen LogP) is 4.81. The van der Waals surface area contributed by atoms with Crippen molar-refractivity contribution in [3.63, 3.8) is 0 Å². The molecule has 0 unspecified atom stereocenters. The second-order valence-electron chi connectivity index (χ2n) is 7.64. The average molecular weight is 485 g/mol. The van der Waals surface area contributed by atoms with Crippen LogP contribution in [0.15, 0.2) is 53.4 Å². The number of carbonyl (C=O) groups excluding carboxylic acids is 3. The second kappa shape index (κ2) is 11.2. The molecule has 0 atom stereocenters. The van der Waals surface area contributed by atoms with Crippen molar-refractivity contribution in [1.82, 2.24) is 5.32 Å². The summed E-state index contributed by atoms with van der Waals surface area (Å²) < 4.78 is 5.03. The monoisotopic (exact) mass is 484 g/mol. The Hall–Kier alpha value is -3.03. The van der Waals surface area contributed by atoms with Gasteiger partial charge in [0.25, 0.3) is 5.91 Å². The van der Waals surface area contributed by atoms with Crippen LogP contribution >= 0.6 is 23.4 Å². The van der Waals surface area contributed by atoms with E-state index >= 15 is 0 Å². The van der Waals surface area contributed by atoms with Gasteiger partial charge in [0.1, 0.15) is 0 Å². The zero-order valence-electron chi connectivity index (χ0n) is 18.7. The highest BCUT2D eigenvalue weighted by Crippen LogP contribution is 2.33. The number of carbonyl (C=O) groups is 3. The van der Waals surface area contributed by atoms with Crippen LogP contribution < -0.4 is 10.6 Å². The lowest BCUT2D eigenvalue weighted by Crippen LogP contribution is -2.36. The highest BCUT2D eigenvalue weighted by atomic mass is 35.5. The summed E-state index contributed by atoms with van der Waals surface area (Å²) in [5, 5.41) is 7.74. The molecule has 0 aliphatic rings. The Kier molecular flexibility index (Phi) is 8.36. The zero-order valence-corrected chi connectivity index (χ0v) is 20.2. The summed E-state index contributed by atoms with van der Waals surface area (Å²) >= 11 is 7.59. The van der Waals surface area contributed by atoms with E-state index in [4.69, 9.17) is 16.3 Å². The Bertz CT molecular complexity index is 1180. The highest BCUT2D eigenvalue weighted by molar-refractivity contribution is 8.00. The minimum Gasteiger partial charge on any atom is -0.455 e. The molecule has 0 heterocycles. The number of aryl methyl sites for hydroxylation is 3. The molecule has 172 valence electrons. The average Bonchev–Trinajstić information content (AvgIpc) is 2.77. The number of ether oxygens (including phenoxy) is 1. The molecule has 0 aliphatic carbocycles. The first-order valence-corrected chi connectivity index (χ1v) is 11.7. The third kappa shape index (κ3) is 6.73. The normalized spacial score (nSPS) is 10.7. The number of benzene rings is 3. The van der Waals surface area contributed by atoms with Crippen LogP contribution in [-0.2, 0) is 19.1 Å². The molecule has 0 aliphatic heterocycles. The van der Waals surface area contributed by atoms with E-state index in [-0.39, 0.29) is 18.2 Å². The summed E-state index contributed by atoms with van der Waals surface area (Å²) in [4.78, 5) is 37.1. The first-order valence-electron chi connectivity index (χ1n) is 10.3. The molecule has 0 aromatic heterocycles. The van der Waals surface area contributed by atoms with Gasteiger partial charge in [-0.2, -0.15) is 0 Å². The molecule has 2 amide bonds. The number of halogens is 1. The summed E-state index contributed by atoms with van der Waals surface area (Å²) in [6.07, 6.45) is 0. The third-order valence-corrected chi connectivity index (χ3v) is 6.26. The van der Waals surface area contributed by atoms with Gasteiger partial charge in [-0.3, -0.25) is 14.4 Å². The van der Waals surface area contributed by atoms with Gasteiger partial charge in [0.05, 0.1) is 12.3 Å². The fourth-order valence-electron chi connectivity index (χ4n) is 3.50. The lowest BCUT2D eigenvalue weighted by Gasteiger charge is -2.13. The summed E-state index contributed by atoms with van der Waals surface area (Å²) in [5.74, 6) is -1.40. The number of hydrogen-bond acceptors (Lipinski definition) is 5. The molecule has 3 aromatic carbocycles. The molecule has 3 rings (SSSR count). The van der Waals surface area contributed by atoms with Crippen molar-refractivity contribution in [3.8, 4) is 0 Å². The Balaban J connectivity index is 1.43.